The van der Waals surface area contributed by atoms with Gasteiger partial charge < -0.3 is 19.6 Å². The normalized spacial score (nSPS) is 33.4. The predicted octanol–water partition coefficient (Wildman–Crippen LogP) is 2.72. The average Bonchev–Trinajstić information content (AvgIpc) is 3.35. The van der Waals surface area contributed by atoms with Crippen molar-refractivity contribution in [2.24, 2.45) is 23.7 Å². The number of nitrogens with zero attached hydrogens (tertiary/aromatic N) is 2. The van der Waals surface area contributed by atoms with Crippen LogP contribution in [0, 0.1) is 23.7 Å². The molecule has 7 nitrogen and oxygen atoms in total. The van der Waals surface area contributed by atoms with Crippen molar-refractivity contribution in [1.29, 1.82) is 0 Å². The van der Waals surface area contributed by atoms with Gasteiger partial charge in [-0.25, -0.2) is 0 Å². The van der Waals surface area contributed by atoms with Gasteiger partial charge in [0.15, 0.2) is 0 Å². The molecule has 2 amide bonds. The van der Waals surface area contributed by atoms with Crippen molar-refractivity contribution in [1.82, 2.24) is 9.80 Å². The zero-order valence-electron chi connectivity index (χ0n) is 20.7. The lowest BCUT2D eigenvalue weighted by molar-refractivity contribution is -0.154. The maximum Gasteiger partial charge on any atom is 0.310 e. The van der Waals surface area contributed by atoms with E-state index in [1.54, 1.807) is 34.6 Å². The Balaban J connectivity index is 2.12. The van der Waals surface area contributed by atoms with Gasteiger partial charge in [0.2, 0.25) is 11.8 Å². The maximum atomic E-state index is 14.2. The van der Waals surface area contributed by atoms with Crippen molar-refractivity contribution >= 4 is 29.5 Å². The van der Waals surface area contributed by atoms with Gasteiger partial charge in [-0.15, -0.1) is 18.3 Å². The fraction of sp³-hybridized carbons (Fsp3) is 0.800. The lowest BCUT2D eigenvalue weighted by Crippen LogP contribution is -2.60. The van der Waals surface area contributed by atoms with Crippen LogP contribution in [0.25, 0.3) is 0 Å². The van der Waals surface area contributed by atoms with Gasteiger partial charge in [0.1, 0.15) is 6.04 Å². The molecule has 8 heteroatoms. The summed E-state index contributed by atoms with van der Waals surface area (Å²) in [5.41, 5.74) is 0. The zero-order chi connectivity index (χ0) is 24.5. The molecule has 1 N–H and O–H groups in total. The molecule has 0 aliphatic carbocycles. The van der Waals surface area contributed by atoms with Gasteiger partial charge in [0.05, 0.1) is 35.8 Å². The third-order valence-corrected chi connectivity index (χ3v) is 9.81. The summed E-state index contributed by atoms with van der Waals surface area (Å²) in [5.74, 6) is -1.71. The van der Waals surface area contributed by atoms with Crippen LogP contribution < -0.4 is 0 Å². The van der Waals surface area contributed by atoms with Gasteiger partial charge >= 0.3 is 5.97 Å². The summed E-state index contributed by atoms with van der Waals surface area (Å²) < 4.78 is 4.70. The fourth-order valence-electron chi connectivity index (χ4n) is 6.19. The molecule has 33 heavy (non-hydrogen) atoms. The number of aliphatic hydroxyl groups is 1. The Morgan fingerprint density at radius 1 is 1.39 bits per heavy atom. The monoisotopic (exact) mass is 480 g/mol. The molecule has 2 bridgehead atoms. The number of likely N-dealkylation sites (tertiary alicyclic amines) is 1. The standard InChI is InChI=1S/C25H40N2O5S/c1-7-10-12-26(11-8-2)23(30)21-25-16(6)13-18(33-25)19(24(31)32-9-3)20(25)22(29)27(21)17(14-28)15(4)5/h8,15-21,28H,2,7,9-14H2,1,3-6H3/t16?,17-,18-,19+,20-,21?,25?/m0/s1. The minimum absolute atomic E-state index is 0.0272. The van der Waals surface area contributed by atoms with Crippen LogP contribution in [0.5, 0.6) is 0 Å². The molecule has 3 unspecified atom stereocenters. The van der Waals surface area contributed by atoms with Crippen LogP contribution >= 0.6 is 11.8 Å². The molecule has 3 heterocycles. The first kappa shape index (κ1) is 26.1. The van der Waals surface area contributed by atoms with Crippen molar-refractivity contribution in [2.45, 2.75) is 76.0 Å². The van der Waals surface area contributed by atoms with Crippen molar-refractivity contribution in [3.63, 3.8) is 0 Å². The minimum atomic E-state index is -0.712. The molecule has 1 spiro atoms. The number of unbranched alkanes of at least 4 members (excludes halogenated alkanes) is 1. The second-order valence-corrected chi connectivity index (χ2v) is 11.5. The second kappa shape index (κ2) is 10.4. The number of hydrogen-bond acceptors (Lipinski definition) is 6. The number of carbonyl (C=O) groups is 3. The maximum absolute atomic E-state index is 14.2. The first-order valence-corrected chi connectivity index (χ1v) is 13.3. The lowest BCUT2D eigenvalue weighted by atomic mass is 9.66. The highest BCUT2D eigenvalue weighted by Gasteiger charge is 2.77. The summed E-state index contributed by atoms with van der Waals surface area (Å²) in [6.07, 6.45) is 4.31. The molecule has 0 aromatic heterocycles. The highest BCUT2D eigenvalue weighted by molar-refractivity contribution is 8.02. The van der Waals surface area contributed by atoms with Crippen molar-refractivity contribution in [2.75, 3.05) is 26.3 Å². The van der Waals surface area contributed by atoms with E-state index in [1.807, 2.05) is 13.8 Å². The van der Waals surface area contributed by atoms with Gasteiger partial charge in [-0.05, 0) is 31.6 Å². The predicted molar refractivity (Wildman–Crippen MR) is 130 cm³/mol. The van der Waals surface area contributed by atoms with E-state index in [9.17, 15) is 19.5 Å². The Labute approximate surface area is 202 Å². The van der Waals surface area contributed by atoms with Crippen LogP contribution in [-0.4, -0.2) is 81.1 Å². The van der Waals surface area contributed by atoms with Crippen molar-refractivity contribution in [3.05, 3.63) is 12.7 Å². The van der Waals surface area contributed by atoms with Crippen molar-refractivity contribution < 1.29 is 24.2 Å². The Morgan fingerprint density at radius 2 is 2.09 bits per heavy atom. The van der Waals surface area contributed by atoms with Gasteiger partial charge in [0, 0.05) is 18.3 Å². The Morgan fingerprint density at radius 3 is 2.64 bits per heavy atom. The topological polar surface area (TPSA) is 87.2 Å². The van der Waals surface area contributed by atoms with Crippen molar-refractivity contribution in [3.8, 4) is 0 Å². The van der Waals surface area contributed by atoms with Gasteiger partial charge in [0.25, 0.3) is 0 Å². The van der Waals surface area contributed by atoms with Crippen LogP contribution in [-0.2, 0) is 19.1 Å². The van der Waals surface area contributed by atoms with E-state index in [0.717, 1.165) is 19.3 Å². The number of aliphatic hydroxyl groups excluding tert-OH is 1. The van der Waals surface area contributed by atoms with E-state index in [-0.39, 0.29) is 48.1 Å². The summed E-state index contributed by atoms with van der Waals surface area (Å²) in [7, 11) is 0. The molecule has 3 rings (SSSR count). The molecule has 7 atom stereocenters. The summed E-state index contributed by atoms with van der Waals surface area (Å²) >= 11 is 1.64. The van der Waals surface area contributed by atoms with E-state index in [1.165, 1.54) is 0 Å². The molecule has 3 saturated heterocycles. The molecule has 0 radical (unpaired) electrons. The number of hydrogen-bond donors (Lipinski definition) is 1. The van der Waals surface area contributed by atoms with E-state index in [0.29, 0.717) is 13.1 Å². The molecular weight excluding hydrogens is 440 g/mol. The van der Waals surface area contributed by atoms with Gasteiger partial charge in [-0.3, -0.25) is 14.4 Å². The Bertz CT molecular complexity index is 774. The summed E-state index contributed by atoms with van der Waals surface area (Å²) in [6.45, 7) is 14.7. The number of fused-ring (bicyclic) bond motifs is 1. The minimum Gasteiger partial charge on any atom is -0.466 e. The quantitative estimate of drug-likeness (QED) is 0.361. The summed E-state index contributed by atoms with van der Waals surface area (Å²) in [4.78, 5) is 44.7. The Hall–Kier alpha value is -1.54. The van der Waals surface area contributed by atoms with Crippen LogP contribution in [0.3, 0.4) is 0 Å². The smallest absolute Gasteiger partial charge is 0.310 e. The van der Waals surface area contributed by atoms with E-state index < -0.39 is 28.7 Å². The van der Waals surface area contributed by atoms with E-state index in [2.05, 4.69) is 20.4 Å². The molecule has 0 saturated carbocycles. The summed E-state index contributed by atoms with van der Waals surface area (Å²) in [5, 5.41) is 10.3. The van der Waals surface area contributed by atoms with Crippen LogP contribution in [0.1, 0.15) is 53.9 Å². The number of carbonyl (C=O) groups excluding carboxylic acids is 3. The fourth-order valence-corrected chi connectivity index (χ4v) is 8.58. The third-order valence-electron chi connectivity index (χ3n) is 7.73. The number of rotatable bonds is 11. The molecule has 3 aliphatic rings. The first-order valence-electron chi connectivity index (χ1n) is 12.4. The average molecular weight is 481 g/mol. The van der Waals surface area contributed by atoms with Gasteiger partial charge in [-0.2, -0.15) is 0 Å². The van der Waals surface area contributed by atoms with Crippen LogP contribution in [0.4, 0.5) is 0 Å². The lowest BCUT2D eigenvalue weighted by Gasteiger charge is -2.42. The molecule has 186 valence electrons. The zero-order valence-corrected chi connectivity index (χ0v) is 21.5. The second-order valence-electron chi connectivity index (χ2n) is 9.97. The van der Waals surface area contributed by atoms with Crippen LogP contribution in [0.15, 0.2) is 12.7 Å². The largest absolute Gasteiger partial charge is 0.466 e. The van der Waals surface area contributed by atoms with E-state index in [4.69, 9.17) is 4.74 Å². The molecule has 0 aromatic carbocycles. The Kier molecular flexibility index (Phi) is 8.20. The molecule has 3 aliphatic heterocycles. The SMILES string of the molecule is C=CCN(CCCC)C(=O)C1N([C@@H](CO)C(C)C)C(=O)[C@@H]2[C@H](C(=O)OCC)[C@@H]3CC(C)C12S3. The number of esters is 1. The highest BCUT2D eigenvalue weighted by atomic mass is 32.2. The first-order chi connectivity index (χ1) is 15.7. The third kappa shape index (κ3) is 4.11. The molecule has 3 fully saturated rings. The molecule has 0 aromatic rings. The summed E-state index contributed by atoms with van der Waals surface area (Å²) in [6, 6.07) is -1.20. The number of thioether (sulfide) groups is 1. The highest BCUT2D eigenvalue weighted by Crippen LogP contribution is 2.69. The number of amides is 2. The van der Waals surface area contributed by atoms with Crippen LogP contribution in [0.2, 0.25) is 0 Å². The molecular formula is C25H40N2O5S. The van der Waals surface area contributed by atoms with Gasteiger partial charge in [-0.1, -0.05) is 40.2 Å². The van der Waals surface area contributed by atoms with E-state index >= 15 is 0 Å². The number of ether oxygens (including phenoxy) is 1.